The zero-order chi connectivity index (χ0) is 13.3. The number of benzene rings is 1. The lowest BCUT2D eigenvalue weighted by molar-refractivity contribution is 0.380. The van der Waals surface area contributed by atoms with Gasteiger partial charge in [0.2, 0.25) is 10.0 Å². The fraction of sp³-hybridized carbons (Fsp3) is 0.538. The van der Waals surface area contributed by atoms with Gasteiger partial charge in [-0.1, -0.05) is 47.2 Å². The maximum Gasteiger partial charge on any atom is 0.243 e. The monoisotopic (exact) mass is 379 g/mol. The summed E-state index contributed by atoms with van der Waals surface area (Å²) in [5, 5.41) is 0. The van der Waals surface area contributed by atoms with E-state index in [2.05, 4.69) is 29.5 Å². The van der Waals surface area contributed by atoms with Crippen molar-refractivity contribution in [2.75, 3.05) is 11.0 Å². The summed E-state index contributed by atoms with van der Waals surface area (Å²) in [6.07, 6.45) is 0.957. The average molecular weight is 379 g/mol. The normalized spacial score (nSPS) is 25.5. The topological polar surface area (TPSA) is 37.4 Å². The maximum atomic E-state index is 12.6. The number of nitrogens with zero attached hydrogens (tertiary/aromatic N) is 1. The number of alkyl halides is 1. The van der Waals surface area contributed by atoms with Crippen LogP contribution in [0.2, 0.25) is 0 Å². The van der Waals surface area contributed by atoms with E-state index >= 15 is 0 Å². The van der Waals surface area contributed by atoms with E-state index in [1.54, 1.807) is 16.4 Å². The second-order valence-corrected chi connectivity index (χ2v) is 7.69. The lowest BCUT2D eigenvalue weighted by atomic mass is 10.1. The number of rotatable bonds is 3. The quantitative estimate of drug-likeness (QED) is 0.598. The van der Waals surface area contributed by atoms with Crippen LogP contribution in [-0.2, 0) is 10.0 Å². The van der Waals surface area contributed by atoms with Crippen LogP contribution >= 0.6 is 22.6 Å². The van der Waals surface area contributed by atoms with Gasteiger partial charge < -0.3 is 0 Å². The van der Waals surface area contributed by atoms with Crippen molar-refractivity contribution < 1.29 is 8.42 Å². The average Bonchev–Trinajstić information content (AvgIpc) is 2.71. The summed E-state index contributed by atoms with van der Waals surface area (Å²) < 4.78 is 27.7. The summed E-state index contributed by atoms with van der Waals surface area (Å²) >= 11 is 2.28. The van der Waals surface area contributed by atoms with E-state index in [0.29, 0.717) is 17.4 Å². The Morgan fingerprint density at radius 2 is 1.94 bits per heavy atom. The van der Waals surface area contributed by atoms with Gasteiger partial charge in [-0.15, -0.1) is 0 Å². The van der Waals surface area contributed by atoms with Crippen molar-refractivity contribution in [2.45, 2.75) is 31.2 Å². The Morgan fingerprint density at radius 3 is 2.50 bits per heavy atom. The lowest BCUT2D eigenvalue weighted by Gasteiger charge is -2.24. The lowest BCUT2D eigenvalue weighted by Crippen LogP contribution is -2.38. The minimum absolute atomic E-state index is 0.136. The number of hydrogen-bond acceptors (Lipinski definition) is 2. The molecule has 1 aliphatic heterocycles. The highest BCUT2D eigenvalue weighted by Gasteiger charge is 2.38. The molecule has 5 heteroatoms. The summed E-state index contributed by atoms with van der Waals surface area (Å²) in [7, 11) is -3.32. The summed E-state index contributed by atoms with van der Waals surface area (Å²) in [5.74, 6) is 0.446. The molecule has 2 atom stereocenters. The molecule has 0 aliphatic carbocycles. The molecule has 1 fully saturated rings. The van der Waals surface area contributed by atoms with Crippen LogP contribution in [0, 0.1) is 12.8 Å². The molecule has 1 aliphatic rings. The molecule has 1 heterocycles. The standard InChI is InChI=1S/C13H18INO2S/c1-10-3-5-12(6-4-10)18(16,17)15-8-7-11(2)13(15)9-14/h3-6,11,13H,7-9H2,1-2H3/t11-,13+/m1/s1. The molecule has 0 amide bonds. The molecule has 0 N–H and O–H groups in total. The van der Waals surface area contributed by atoms with Gasteiger partial charge in [-0.05, 0) is 31.4 Å². The van der Waals surface area contributed by atoms with Crippen LogP contribution in [-0.4, -0.2) is 29.7 Å². The molecule has 0 unspecified atom stereocenters. The highest BCUT2D eigenvalue weighted by Crippen LogP contribution is 2.31. The zero-order valence-corrected chi connectivity index (χ0v) is 13.6. The molecule has 1 aromatic carbocycles. The van der Waals surface area contributed by atoms with Crippen molar-refractivity contribution in [1.82, 2.24) is 4.31 Å². The second kappa shape index (κ2) is 5.46. The number of halogens is 1. The minimum atomic E-state index is -3.32. The Hall–Kier alpha value is -0.140. The molecule has 0 aromatic heterocycles. The molecule has 18 heavy (non-hydrogen) atoms. The SMILES string of the molecule is Cc1ccc(S(=O)(=O)N2CC[C@@H](C)[C@@H]2CI)cc1. The van der Waals surface area contributed by atoms with Crippen LogP contribution in [0.3, 0.4) is 0 Å². The molecule has 0 radical (unpaired) electrons. The van der Waals surface area contributed by atoms with Crippen LogP contribution in [0.1, 0.15) is 18.9 Å². The first-order valence-corrected chi connectivity index (χ1v) is 9.08. The number of hydrogen-bond donors (Lipinski definition) is 0. The summed E-state index contributed by atoms with van der Waals surface area (Å²) in [6, 6.07) is 7.25. The van der Waals surface area contributed by atoms with E-state index in [1.165, 1.54) is 0 Å². The van der Waals surface area contributed by atoms with E-state index in [9.17, 15) is 8.42 Å². The van der Waals surface area contributed by atoms with Gasteiger partial charge in [-0.3, -0.25) is 0 Å². The van der Waals surface area contributed by atoms with Gasteiger partial charge in [0.25, 0.3) is 0 Å². The molecular weight excluding hydrogens is 361 g/mol. The van der Waals surface area contributed by atoms with Crippen LogP contribution in [0.4, 0.5) is 0 Å². The fourth-order valence-electron chi connectivity index (χ4n) is 2.35. The van der Waals surface area contributed by atoms with Gasteiger partial charge in [-0.2, -0.15) is 4.31 Å². The fourth-order valence-corrected chi connectivity index (χ4v) is 5.69. The Bertz CT molecular complexity index is 512. The molecular formula is C13H18INO2S. The van der Waals surface area contributed by atoms with E-state index in [0.717, 1.165) is 16.4 Å². The van der Waals surface area contributed by atoms with Gasteiger partial charge in [0.1, 0.15) is 0 Å². The molecule has 0 bridgehead atoms. The van der Waals surface area contributed by atoms with Crippen LogP contribution in [0.5, 0.6) is 0 Å². The van der Waals surface area contributed by atoms with E-state index < -0.39 is 10.0 Å². The Kier molecular flexibility index (Phi) is 4.33. The number of sulfonamides is 1. The molecule has 1 aromatic rings. The van der Waals surface area contributed by atoms with Crippen molar-refractivity contribution in [2.24, 2.45) is 5.92 Å². The highest BCUT2D eigenvalue weighted by molar-refractivity contribution is 14.1. The minimum Gasteiger partial charge on any atom is -0.207 e. The van der Waals surface area contributed by atoms with Gasteiger partial charge in [0.15, 0.2) is 0 Å². The molecule has 3 nitrogen and oxygen atoms in total. The van der Waals surface area contributed by atoms with Gasteiger partial charge in [0, 0.05) is 17.0 Å². The van der Waals surface area contributed by atoms with E-state index in [4.69, 9.17) is 0 Å². The molecule has 2 rings (SSSR count). The first-order chi connectivity index (χ1) is 8.46. The third kappa shape index (κ3) is 2.58. The van der Waals surface area contributed by atoms with E-state index in [-0.39, 0.29) is 6.04 Å². The van der Waals surface area contributed by atoms with Crippen molar-refractivity contribution >= 4 is 32.6 Å². The third-order valence-electron chi connectivity index (χ3n) is 3.62. The molecule has 1 saturated heterocycles. The van der Waals surface area contributed by atoms with Crippen molar-refractivity contribution in [3.05, 3.63) is 29.8 Å². The number of aryl methyl sites for hydroxylation is 1. The van der Waals surface area contributed by atoms with Gasteiger partial charge in [0.05, 0.1) is 4.90 Å². The van der Waals surface area contributed by atoms with Gasteiger partial charge >= 0.3 is 0 Å². The first-order valence-electron chi connectivity index (χ1n) is 6.11. The zero-order valence-electron chi connectivity index (χ0n) is 10.6. The second-order valence-electron chi connectivity index (χ2n) is 4.92. The third-order valence-corrected chi connectivity index (χ3v) is 6.46. The predicted octanol–water partition coefficient (Wildman–Crippen LogP) is 2.83. The smallest absolute Gasteiger partial charge is 0.207 e. The Balaban J connectivity index is 2.34. The van der Waals surface area contributed by atoms with Crippen LogP contribution in [0.25, 0.3) is 0 Å². The van der Waals surface area contributed by atoms with E-state index in [1.807, 2.05) is 19.1 Å². The molecule has 100 valence electrons. The molecule has 0 spiro atoms. The van der Waals surface area contributed by atoms with Gasteiger partial charge in [-0.25, -0.2) is 8.42 Å². The maximum absolute atomic E-state index is 12.6. The predicted molar refractivity (Wildman–Crippen MR) is 81.5 cm³/mol. The summed E-state index contributed by atoms with van der Waals surface area (Å²) in [6.45, 7) is 4.74. The summed E-state index contributed by atoms with van der Waals surface area (Å²) in [4.78, 5) is 0.414. The Labute approximate surface area is 123 Å². The van der Waals surface area contributed by atoms with Crippen LogP contribution < -0.4 is 0 Å². The van der Waals surface area contributed by atoms with Crippen molar-refractivity contribution in [3.8, 4) is 0 Å². The Morgan fingerprint density at radius 1 is 1.33 bits per heavy atom. The van der Waals surface area contributed by atoms with Crippen molar-refractivity contribution in [1.29, 1.82) is 0 Å². The highest BCUT2D eigenvalue weighted by atomic mass is 127. The van der Waals surface area contributed by atoms with Crippen molar-refractivity contribution in [3.63, 3.8) is 0 Å². The molecule has 0 saturated carbocycles. The summed E-state index contributed by atoms with van der Waals surface area (Å²) in [5.41, 5.74) is 1.08. The largest absolute Gasteiger partial charge is 0.243 e. The van der Waals surface area contributed by atoms with Crippen LogP contribution in [0.15, 0.2) is 29.2 Å². The first kappa shape index (κ1) is 14.3.